The molecule has 0 radical (unpaired) electrons. The Morgan fingerprint density at radius 2 is 1.89 bits per heavy atom. The molecule has 1 saturated heterocycles. The van der Waals surface area contributed by atoms with Gasteiger partial charge in [0.1, 0.15) is 0 Å². The molecule has 1 heterocycles. The van der Waals surface area contributed by atoms with Crippen molar-refractivity contribution in [1.82, 2.24) is 15.1 Å². The maximum Gasteiger partial charge on any atom is 0.236 e. The van der Waals surface area contributed by atoms with Crippen LogP contribution in [-0.2, 0) is 9.59 Å². The Kier molecular flexibility index (Phi) is 6.80. The molecular weight excluding hydrogens is 244 g/mol. The number of rotatable bonds is 6. The summed E-state index contributed by atoms with van der Waals surface area (Å²) in [7, 11) is 2.05. The van der Waals surface area contributed by atoms with Crippen molar-refractivity contribution >= 4 is 11.8 Å². The van der Waals surface area contributed by atoms with Crippen molar-refractivity contribution in [3.05, 3.63) is 0 Å². The highest BCUT2D eigenvalue weighted by Crippen LogP contribution is 2.01. The molecule has 1 fully saturated rings. The summed E-state index contributed by atoms with van der Waals surface area (Å²) in [6.45, 7) is 5.75. The van der Waals surface area contributed by atoms with Crippen LogP contribution in [0.5, 0.6) is 0 Å². The summed E-state index contributed by atoms with van der Waals surface area (Å²) in [6, 6.07) is -0.455. The largest absolute Gasteiger partial charge is 0.354 e. The van der Waals surface area contributed by atoms with Crippen LogP contribution in [0.2, 0.25) is 0 Å². The van der Waals surface area contributed by atoms with Gasteiger partial charge in [-0.15, -0.1) is 0 Å². The Morgan fingerprint density at radius 1 is 1.26 bits per heavy atom. The van der Waals surface area contributed by atoms with Gasteiger partial charge in [-0.3, -0.25) is 9.59 Å². The van der Waals surface area contributed by atoms with Gasteiger partial charge in [-0.25, -0.2) is 0 Å². The first-order valence-electron chi connectivity index (χ1n) is 7.04. The van der Waals surface area contributed by atoms with E-state index in [-0.39, 0.29) is 11.8 Å². The molecule has 6 heteroatoms. The topological polar surface area (TPSA) is 78.7 Å². The van der Waals surface area contributed by atoms with Crippen LogP contribution in [0.15, 0.2) is 0 Å². The fourth-order valence-electron chi connectivity index (χ4n) is 2.08. The van der Waals surface area contributed by atoms with Crippen LogP contribution in [0.4, 0.5) is 0 Å². The van der Waals surface area contributed by atoms with Crippen LogP contribution >= 0.6 is 0 Å². The fraction of sp³-hybridized carbons (Fsp3) is 0.846. The zero-order valence-corrected chi connectivity index (χ0v) is 12.0. The second-order valence-corrected chi connectivity index (χ2v) is 5.12. The monoisotopic (exact) mass is 270 g/mol. The minimum atomic E-state index is -0.455. The van der Waals surface area contributed by atoms with Gasteiger partial charge < -0.3 is 20.9 Å². The summed E-state index contributed by atoms with van der Waals surface area (Å²) in [5.41, 5.74) is 5.69. The lowest BCUT2D eigenvalue weighted by atomic mass is 10.1. The van der Waals surface area contributed by atoms with E-state index in [2.05, 4.69) is 17.3 Å². The highest BCUT2D eigenvalue weighted by Gasteiger charge is 2.19. The first-order chi connectivity index (χ1) is 9.04. The molecule has 1 atom stereocenters. The summed E-state index contributed by atoms with van der Waals surface area (Å²) < 4.78 is 0. The maximum absolute atomic E-state index is 11.9. The molecule has 0 aliphatic carbocycles. The maximum atomic E-state index is 11.9. The zero-order valence-electron chi connectivity index (χ0n) is 12.0. The molecule has 0 bridgehead atoms. The average Bonchev–Trinajstić information content (AvgIpc) is 2.39. The van der Waals surface area contributed by atoms with Crippen molar-refractivity contribution in [3.63, 3.8) is 0 Å². The van der Waals surface area contributed by atoms with E-state index < -0.39 is 6.04 Å². The third-order valence-electron chi connectivity index (χ3n) is 3.43. The van der Waals surface area contributed by atoms with E-state index in [0.717, 1.165) is 32.6 Å². The molecule has 0 saturated carbocycles. The lowest BCUT2D eigenvalue weighted by Crippen LogP contribution is -2.48. The summed E-state index contributed by atoms with van der Waals surface area (Å²) in [6.07, 6.45) is 1.92. The molecule has 19 heavy (non-hydrogen) atoms. The molecule has 0 spiro atoms. The number of hydrogen-bond acceptors (Lipinski definition) is 4. The quantitative estimate of drug-likeness (QED) is 0.675. The Bertz CT molecular complexity index is 301. The second kappa shape index (κ2) is 8.12. The van der Waals surface area contributed by atoms with E-state index in [1.54, 1.807) is 0 Å². The van der Waals surface area contributed by atoms with Gasteiger partial charge in [-0.05, 0) is 13.5 Å². The van der Waals surface area contributed by atoms with Gasteiger partial charge in [0.2, 0.25) is 11.8 Å². The molecule has 0 aromatic rings. The van der Waals surface area contributed by atoms with Gasteiger partial charge in [-0.2, -0.15) is 0 Å². The highest BCUT2D eigenvalue weighted by atomic mass is 16.2. The highest BCUT2D eigenvalue weighted by molar-refractivity contribution is 5.82. The van der Waals surface area contributed by atoms with Crippen molar-refractivity contribution in [3.8, 4) is 0 Å². The second-order valence-electron chi connectivity index (χ2n) is 5.12. The minimum absolute atomic E-state index is 0.109. The number of likely N-dealkylation sites (N-methyl/N-ethyl adjacent to an activating group) is 1. The van der Waals surface area contributed by atoms with Crippen LogP contribution < -0.4 is 11.1 Å². The number of nitrogens with zero attached hydrogens (tertiary/aromatic N) is 2. The lowest BCUT2D eigenvalue weighted by Gasteiger charge is -2.32. The number of carbonyl (C=O) groups excluding carboxylic acids is 2. The molecule has 0 aromatic carbocycles. The standard InChI is InChI=1S/C13H26N4O2/c1-3-4-11(14)13(19)15-6-5-12(18)17-9-7-16(2)8-10-17/h11H,3-10,14H2,1-2H3,(H,15,19). The Morgan fingerprint density at radius 3 is 2.47 bits per heavy atom. The molecule has 1 aliphatic heterocycles. The smallest absolute Gasteiger partial charge is 0.236 e. The van der Waals surface area contributed by atoms with Crippen LogP contribution in [0.3, 0.4) is 0 Å². The van der Waals surface area contributed by atoms with Crippen molar-refractivity contribution in [2.24, 2.45) is 5.73 Å². The van der Waals surface area contributed by atoms with E-state index in [0.29, 0.717) is 19.4 Å². The van der Waals surface area contributed by atoms with Crippen molar-refractivity contribution in [2.75, 3.05) is 39.8 Å². The summed E-state index contributed by atoms with van der Waals surface area (Å²) in [5.74, 6) is -0.0505. The van der Waals surface area contributed by atoms with Gasteiger partial charge in [0.15, 0.2) is 0 Å². The molecule has 3 N–H and O–H groups in total. The van der Waals surface area contributed by atoms with Crippen molar-refractivity contribution in [1.29, 1.82) is 0 Å². The van der Waals surface area contributed by atoms with E-state index in [1.807, 2.05) is 11.8 Å². The molecule has 2 amide bonds. The van der Waals surface area contributed by atoms with Gasteiger partial charge in [0, 0.05) is 39.1 Å². The third kappa shape index (κ3) is 5.57. The predicted octanol–water partition coefficient (Wildman–Crippen LogP) is -0.606. The zero-order chi connectivity index (χ0) is 14.3. The van der Waals surface area contributed by atoms with E-state index >= 15 is 0 Å². The third-order valence-corrected chi connectivity index (χ3v) is 3.43. The molecular formula is C13H26N4O2. The normalized spacial score (nSPS) is 18.2. The predicted molar refractivity (Wildman–Crippen MR) is 74.6 cm³/mol. The Hall–Kier alpha value is -1.14. The first-order valence-corrected chi connectivity index (χ1v) is 7.04. The first kappa shape index (κ1) is 15.9. The van der Waals surface area contributed by atoms with Crippen LogP contribution in [0.25, 0.3) is 0 Å². The summed E-state index contributed by atoms with van der Waals surface area (Å²) in [4.78, 5) is 27.5. The molecule has 1 aliphatic rings. The molecule has 0 aromatic heterocycles. The number of hydrogen-bond donors (Lipinski definition) is 2. The number of nitrogens with two attached hydrogens (primary N) is 1. The van der Waals surface area contributed by atoms with E-state index in [1.165, 1.54) is 0 Å². The van der Waals surface area contributed by atoms with E-state index in [4.69, 9.17) is 5.73 Å². The van der Waals surface area contributed by atoms with Crippen LogP contribution in [-0.4, -0.2) is 67.4 Å². The van der Waals surface area contributed by atoms with Crippen LogP contribution in [0, 0.1) is 0 Å². The van der Waals surface area contributed by atoms with Gasteiger partial charge in [0.25, 0.3) is 0 Å². The molecule has 6 nitrogen and oxygen atoms in total. The van der Waals surface area contributed by atoms with E-state index in [9.17, 15) is 9.59 Å². The fourth-order valence-corrected chi connectivity index (χ4v) is 2.08. The number of amides is 2. The minimum Gasteiger partial charge on any atom is -0.354 e. The number of carbonyl (C=O) groups is 2. The van der Waals surface area contributed by atoms with Gasteiger partial charge in [0.05, 0.1) is 6.04 Å². The van der Waals surface area contributed by atoms with Crippen molar-refractivity contribution in [2.45, 2.75) is 32.2 Å². The molecule has 110 valence electrons. The number of piperazine rings is 1. The van der Waals surface area contributed by atoms with Crippen LogP contribution in [0.1, 0.15) is 26.2 Å². The van der Waals surface area contributed by atoms with Crippen molar-refractivity contribution < 1.29 is 9.59 Å². The Labute approximate surface area is 115 Å². The SMILES string of the molecule is CCCC(N)C(=O)NCCC(=O)N1CCN(C)CC1. The summed E-state index contributed by atoms with van der Waals surface area (Å²) >= 11 is 0. The Balaban J connectivity index is 2.18. The average molecular weight is 270 g/mol. The number of nitrogens with one attached hydrogen (secondary N) is 1. The molecule has 1 rings (SSSR count). The van der Waals surface area contributed by atoms with Gasteiger partial charge in [-0.1, -0.05) is 13.3 Å². The van der Waals surface area contributed by atoms with Gasteiger partial charge >= 0.3 is 0 Å². The summed E-state index contributed by atoms with van der Waals surface area (Å²) in [5, 5.41) is 2.72. The molecule has 1 unspecified atom stereocenters. The lowest BCUT2D eigenvalue weighted by molar-refractivity contribution is -0.132.